The van der Waals surface area contributed by atoms with E-state index in [4.69, 9.17) is 0 Å². The number of anilines is 1. The predicted octanol–water partition coefficient (Wildman–Crippen LogP) is 6.19. The van der Waals surface area contributed by atoms with Crippen molar-refractivity contribution in [2.45, 2.75) is 73.1 Å². The van der Waals surface area contributed by atoms with Gasteiger partial charge in [-0.15, -0.1) is 11.3 Å². The fraction of sp³-hybridized carbons (Fsp3) is 0.474. The van der Waals surface area contributed by atoms with Crippen molar-refractivity contribution in [3.05, 3.63) is 54.4 Å². The van der Waals surface area contributed by atoms with E-state index in [0.29, 0.717) is 6.41 Å². The zero-order chi connectivity index (χ0) is 39.0. The minimum Gasteiger partial charge on any atom is -0.453 e. The van der Waals surface area contributed by atoms with E-state index in [2.05, 4.69) is 87.2 Å². The number of hydrogen-bond donors (Lipinski definition) is 4. The van der Waals surface area contributed by atoms with E-state index in [9.17, 15) is 24.0 Å². The smallest absolute Gasteiger partial charge is 0.407 e. The van der Waals surface area contributed by atoms with Crippen molar-refractivity contribution >= 4 is 57.5 Å². The molecule has 5 heterocycles. The number of methoxy groups -OCH3 is 1. The molecule has 5 amide bonds. The fourth-order valence-electron chi connectivity index (χ4n) is 5.09. The quantitative estimate of drug-likeness (QED) is 0.156. The molecule has 15 heteroatoms. The third-order valence-electron chi connectivity index (χ3n) is 7.56. The normalized spacial score (nSPS) is 12.7. The van der Waals surface area contributed by atoms with Crippen LogP contribution >= 0.6 is 11.3 Å². The highest BCUT2D eigenvalue weighted by Crippen LogP contribution is 2.33. The third kappa shape index (κ3) is 15.1. The molecule has 4 N–H and O–H groups in total. The van der Waals surface area contributed by atoms with Crippen LogP contribution in [0.25, 0.3) is 27.2 Å². The largest absolute Gasteiger partial charge is 0.453 e. The number of benzene rings is 1. The number of thiophene rings is 1. The molecule has 0 spiro atoms. The molecule has 1 aromatic carbocycles. The molecule has 0 bridgehead atoms. The highest BCUT2D eigenvalue weighted by molar-refractivity contribution is 7.17. The number of amides is 5. The Hall–Kier alpha value is -5.18. The van der Waals surface area contributed by atoms with Gasteiger partial charge in [-0.2, -0.15) is 0 Å². The number of aromatic amines is 1. The van der Waals surface area contributed by atoms with Gasteiger partial charge in [-0.05, 0) is 49.4 Å². The summed E-state index contributed by atoms with van der Waals surface area (Å²) in [5, 5.41) is 10.6. The van der Waals surface area contributed by atoms with Crippen LogP contribution in [-0.4, -0.2) is 101 Å². The minimum absolute atomic E-state index is 0.0303. The molecule has 290 valence electrons. The van der Waals surface area contributed by atoms with Crippen molar-refractivity contribution in [2.24, 2.45) is 0 Å². The number of nitrogens with one attached hydrogen (secondary N) is 4. The lowest BCUT2D eigenvalue weighted by Crippen LogP contribution is -2.38. The SMILES string of the molecule is CC(=O)NCC(=O)N1CCCC1.CCC.CCC.COC(=O)NCC(=O)N1CCCC1.O=CNc1csc2c1ccn2-c1ccc(-c2cnc[nH]2)cc1. The second-order valence-electron chi connectivity index (χ2n) is 12.2. The number of hydrogen-bond acceptors (Lipinski definition) is 8. The van der Waals surface area contributed by atoms with Crippen molar-refractivity contribution in [3.8, 4) is 16.9 Å². The van der Waals surface area contributed by atoms with E-state index in [0.717, 1.165) is 84.7 Å². The number of carbonyl (C=O) groups excluding carboxylic acids is 5. The Morgan fingerprint density at radius 1 is 0.868 bits per heavy atom. The molecule has 2 aliphatic heterocycles. The Bertz CT molecular complexity index is 1660. The number of aromatic nitrogens is 3. The summed E-state index contributed by atoms with van der Waals surface area (Å²) in [7, 11) is 1.27. The summed E-state index contributed by atoms with van der Waals surface area (Å²) in [6, 6.07) is 10.3. The molecule has 2 saturated heterocycles. The van der Waals surface area contributed by atoms with Gasteiger partial charge < -0.3 is 40.0 Å². The van der Waals surface area contributed by atoms with Gasteiger partial charge >= 0.3 is 6.09 Å². The zero-order valence-electron chi connectivity index (χ0n) is 31.9. The Labute approximate surface area is 316 Å². The lowest BCUT2D eigenvalue weighted by Gasteiger charge is -2.14. The maximum atomic E-state index is 11.3. The molecule has 0 unspecified atom stereocenters. The fourth-order valence-corrected chi connectivity index (χ4v) is 6.10. The Morgan fingerprint density at radius 2 is 1.42 bits per heavy atom. The maximum absolute atomic E-state index is 11.3. The van der Waals surface area contributed by atoms with Crippen LogP contribution in [0.15, 0.2) is 54.4 Å². The molecule has 53 heavy (non-hydrogen) atoms. The first-order chi connectivity index (χ1) is 25.6. The molecule has 0 atom stereocenters. The molecule has 3 aromatic heterocycles. The van der Waals surface area contributed by atoms with Crippen molar-refractivity contribution in [2.75, 3.05) is 51.7 Å². The average molecular weight is 753 g/mol. The lowest BCUT2D eigenvalue weighted by atomic mass is 10.1. The lowest BCUT2D eigenvalue weighted by molar-refractivity contribution is -0.131. The van der Waals surface area contributed by atoms with E-state index in [-0.39, 0.29) is 30.8 Å². The zero-order valence-corrected chi connectivity index (χ0v) is 32.7. The first-order valence-electron chi connectivity index (χ1n) is 18.1. The Kier molecular flexibility index (Phi) is 20.7. The van der Waals surface area contributed by atoms with Crippen LogP contribution < -0.4 is 16.0 Å². The number of fused-ring (bicyclic) bond motifs is 1. The third-order valence-corrected chi connectivity index (χ3v) is 8.56. The van der Waals surface area contributed by atoms with E-state index >= 15 is 0 Å². The van der Waals surface area contributed by atoms with Crippen LogP contribution in [-0.2, 0) is 23.9 Å². The summed E-state index contributed by atoms with van der Waals surface area (Å²) < 4.78 is 6.46. The summed E-state index contributed by atoms with van der Waals surface area (Å²) in [4.78, 5) is 66.1. The minimum atomic E-state index is -0.562. The summed E-state index contributed by atoms with van der Waals surface area (Å²) in [5.74, 6) is -0.159. The van der Waals surface area contributed by atoms with Gasteiger partial charge in [0.25, 0.3) is 0 Å². The van der Waals surface area contributed by atoms with Gasteiger partial charge in [0.2, 0.25) is 24.1 Å². The van der Waals surface area contributed by atoms with Gasteiger partial charge in [0.15, 0.2) is 0 Å². The van der Waals surface area contributed by atoms with Gasteiger partial charge in [-0.3, -0.25) is 19.2 Å². The maximum Gasteiger partial charge on any atom is 0.407 e. The molecule has 2 aliphatic rings. The van der Waals surface area contributed by atoms with Crippen molar-refractivity contribution < 1.29 is 28.7 Å². The number of ether oxygens (including phenoxy) is 1. The van der Waals surface area contributed by atoms with Gasteiger partial charge in [-0.25, -0.2) is 9.78 Å². The molecule has 2 fully saturated rings. The number of imidazole rings is 1. The summed E-state index contributed by atoms with van der Waals surface area (Å²) in [6.07, 6.45) is 12.4. The number of carbonyl (C=O) groups is 5. The van der Waals surface area contributed by atoms with E-state index in [1.54, 1.807) is 33.7 Å². The monoisotopic (exact) mass is 752 g/mol. The molecular formula is C38H56N8O6S. The van der Waals surface area contributed by atoms with Crippen LogP contribution in [0.3, 0.4) is 0 Å². The van der Waals surface area contributed by atoms with Crippen molar-refractivity contribution in [1.29, 1.82) is 0 Å². The number of alkyl carbamates (subject to hydrolysis) is 1. The van der Waals surface area contributed by atoms with Crippen molar-refractivity contribution in [3.63, 3.8) is 0 Å². The van der Waals surface area contributed by atoms with Crippen LogP contribution in [0.1, 0.15) is 73.1 Å². The predicted molar refractivity (Wildman–Crippen MR) is 211 cm³/mol. The topological polar surface area (TPSA) is 171 Å². The molecular weight excluding hydrogens is 697 g/mol. The van der Waals surface area contributed by atoms with Gasteiger partial charge in [-0.1, -0.05) is 52.7 Å². The Morgan fingerprint density at radius 3 is 1.89 bits per heavy atom. The van der Waals surface area contributed by atoms with Crippen molar-refractivity contribution in [1.82, 2.24) is 35.0 Å². The Balaban J connectivity index is 0.000000271. The summed E-state index contributed by atoms with van der Waals surface area (Å²) in [5.41, 5.74) is 4.03. The first kappa shape index (κ1) is 44.0. The molecule has 0 aliphatic carbocycles. The van der Waals surface area contributed by atoms with E-state index in [1.165, 1.54) is 26.9 Å². The highest BCUT2D eigenvalue weighted by Gasteiger charge is 2.18. The number of nitrogens with zero attached hydrogens (tertiary/aromatic N) is 4. The highest BCUT2D eigenvalue weighted by atomic mass is 32.1. The van der Waals surface area contributed by atoms with Crippen LogP contribution in [0.5, 0.6) is 0 Å². The summed E-state index contributed by atoms with van der Waals surface area (Å²) >= 11 is 1.61. The molecule has 6 rings (SSSR count). The molecule has 0 saturated carbocycles. The molecule has 4 aromatic rings. The van der Waals surface area contributed by atoms with E-state index in [1.807, 2.05) is 17.6 Å². The second-order valence-corrected chi connectivity index (χ2v) is 13.0. The number of likely N-dealkylation sites (tertiary alicyclic amines) is 2. The van der Waals surface area contributed by atoms with Gasteiger partial charge in [0, 0.05) is 55.8 Å². The molecule has 0 radical (unpaired) electrons. The van der Waals surface area contributed by atoms with Crippen LogP contribution in [0.2, 0.25) is 0 Å². The second kappa shape index (κ2) is 24.9. The number of H-pyrrole nitrogens is 1. The summed E-state index contributed by atoms with van der Waals surface area (Å²) in [6.45, 7) is 13.4. The first-order valence-corrected chi connectivity index (χ1v) is 19.0. The number of rotatable bonds is 8. The molecule has 14 nitrogen and oxygen atoms in total. The van der Waals surface area contributed by atoms with Crippen LogP contribution in [0.4, 0.5) is 10.5 Å². The van der Waals surface area contributed by atoms with E-state index < -0.39 is 6.09 Å². The van der Waals surface area contributed by atoms with Gasteiger partial charge in [0.05, 0.1) is 37.6 Å². The van der Waals surface area contributed by atoms with Gasteiger partial charge in [0.1, 0.15) is 11.4 Å². The standard InChI is InChI=1S/C16H12N4OS.C8H14N2O3.C8H14N2O2.2C3H8/c21-10-19-15-8-22-16-13(15)5-6-20(16)12-3-1-11(2-4-12)14-7-17-9-18-14;1-13-8(12)9-6-7(11)10-4-2-3-5-10;1-7(11)9-6-8(12)10-4-2-3-5-10;2*1-3-2/h1-10H,(H,17,18)(H,19,21);2-6H2,1H3,(H,9,12);2-6H2,1H3,(H,9,11);2*3H2,1-2H3. The van der Waals surface area contributed by atoms with Crippen LogP contribution in [0, 0.1) is 0 Å². The average Bonchev–Trinajstić information content (AvgIpc) is 4.01.